The summed E-state index contributed by atoms with van der Waals surface area (Å²) in [5, 5.41) is 3.96. The molecule has 6 heteroatoms. The molecule has 1 aromatic heterocycles. The van der Waals surface area contributed by atoms with Gasteiger partial charge in [-0.15, -0.1) is 0 Å². The van der Waals surface area contributed by atoms with Crippen LogP contribution in [0.5, 0.6) is 0 Å². The lowest BCUT2D eigenvalue weighted by Gasteiger charge is -2.08. The molecule has 0 saturated heterocycles. The SMILES string of the molecule is CC(=O)CC(=O)c1cnc(Nc2ccc(Cl)cc2)c(Cl)c1. The Balaban J connectivity index is 2.17. The van der Waals surface area contributed by atoms with Crippen molar-refractivity contribution in [1.29, 1.82) is 0 Å². The van der Waals surface area contributed by atoms with Crippen molar-refractivity contribution in [2.24, 2.45) is 0 Å². The van der Waals surface area contributed by atoms with Gasteiger partial charge in [0, 0.05) is 22.5 Å². The predicted octanol–water partition coefficient (Wildman–Crippen LogP) is 4.29. The summed E-state index contributed by atoms with van der Waals surface area (Å²) in [6.07, 6.45) is 1.25. The molecule has 0 aliphatic carbocycles. The lowest BCUT2D eigenvalue weighted by Crippen LogP contribution is -2.06. The topological polar surface area (TPSA) is 59.1 Å². The van der Waals surface area contributed by atoms with Crippen LogP contribution in [-0.4, -0.2) is 16.6 Å². The standard InChI is InChI=1S/C15H12Cl2N2O2/c1-9(20)6-14(21)10-7-13(17)15(18-8-10)19-12-4-2-11(16)3-5-12/h2-5,7-8H,6H2,1H3,(H,18,19). The molecule has 2 rings (SSSR count). The van der Waals surface area contributed by atoms with E-state index in [0.29, 0.717) is 21.4 Å². The van der Waals surface area contributed by atoms with E-state index in [1.54, 1.807) is 24.3 Å². The number of Topliss-reactive ketones (excluding diaryl/α,β-unsaturated/α-hetero) is 2. The predicted molar refractivity (Wildman–Crippen MR) is 83.6 cm³/mol. The number of rotatable bonds is 5. The Kier molecular flexibility index (Phi) is 4.94. The van der Waals surface area contributed by atoms with E-state index in [4.69, 9.17) is 23.2 Å². The molecule has 0 spiro atoms. The Hall–Kier alpha value is -1.91. The van der Waals surface area contributed by atoms with Gasteiger partial charge in [0.2, 0.25) is 0 Å². The number of hydrogen-bond donors (Lipinski definition) is 1. The Morgan fingerprint density at radius 2 is 1.86 bits per heavy atom. The Morgan fingerprint density at radius 1 is 1.19 bits per heavy atom. The van der Waals surface area contributed by atoms with Crippen molar-refractivity contribution in [1.82, 2.24) is 4.98 Å². The number of hydrogen-bond acceptors (Lipinski definition) is 4. The summed E-state index contributed by atoms with van der Waals surface area (Å²) in [6, 6.07) is 8.55. The molecule has 108 valence electrons. The van der Waals surface area contributed by atoms with Gasteiger partial charge in [-0.1, -0.05) is 23.2 Å². The van der Waals surface area contributed by atoms with Gasteiger partial charge >= 0.3 is 0 Å². The third-order valence-electron chi connectivity index (χ3n) is 2.68. The third kappa shape index (κ3) is 4.28. The van der Waals surface area contributed by atoms with Gasteiger partial charge in [0.05, 0.1) is 11.4 Å². The number of aromatic nitrogens is 1. The Bertz CT molecular complexity index is 685. The summed E-state index contributed by atoms with van der Waals surface area (Å²) in [6.45, 7) is 1.36. The van der Waals surface area contributed by atoms with Gasteiger partial charge in [-0.05, 0) is 37.3 Å². The molecule has 0 radical (unpaired) electrons. The molecule has 0 aliphatic heterocycles. The molecular weight excluding hydrogens is 311 g/mol. The van der Waals surface area contributed by atoms with Gasteiger partial charge in [-0.25, -0.2) is 4.98 Å². The number of nitrogens with one attached hydrogen (secondary N) is 1. The number of ketones is 2. The maximum atomic E-state index is 11.8. The number of carbonyl (C=O) groups excluding carboxylic acids is 2. The summed E-state index contributed by atoms with van der Waals surface area (Å²) in [4.78, 5) is 26.8. The van der Waals surface area contributed by atoms with E-state index >= 15 is 0 Å². The normalized spacial score (nSPS) is 10.2. The molecule has 0 bridgehead atoms. The molecule has 4 nitrogen and oxygen atoms in total. The van der Waals surface area contributed by atoms with Crippen LogP contribution in [0.2, 0.25) is 10.0 Å². The van der Waals surface area contributed by atoms with Crippen LogP contribution >= 0.6 is 23.2 Å². The van der Waals surface area contributed by atoms with E-state index in [9.17, 15) is 9.59 Å². The summed E-state index contributed by atoms with van der Waals surface area (Å²) >= 11 is 11.9. The van der Waals surface area contributed by atoms with Crippen LogP contribution in [0.4, 0.5) is 11.5 Å². The number of nitrogens with zero attached hydrogens (tertiary/aromatic N) is 1. The molecular formula is C15H12Cl2N2O2. The van der Waals surface area contributed by atoms with Crippen LogP contribution in [0, 0.1) is 0 Å². The Labute approximate surface area is 132 Å². The number of pyridine rings is 1. The Morgan fingerprint density at radius 3 is 2.43 bits per heavy atom. The highest BCUT2D eigenvalue weighted by Gasteiger charge is 2.12. The van der Waals surface area contributed by atoms with Crippen LogP contribution in [0.15, 0.2) is 36.5 Å². The number of halogens is 2. The summed E-state index contributed by atoms with van der Waals surface area (Å²) in [5.74, 6) is -0.0622. The van der Waals surface area contributed by atoms with Gasteiger partial charge in [0.15, 0.2) is 5.78 Å². The fraction of sp³-hybridized carbons (Fsp3) is 0.133. The van der Waals surface area contributed by atoms with Gasteiger partial charge in [-0.2, -0.15) is 0 Å². The highest BCUT2D eigenvalue weighted by molar-refractivity contribution is 6.33. The van der Waals surface area contributed by atoms with Crippen LogP contribution in [-0.2, 0) is 4.79 Å². The van der Waals surface area contributed by atoms with E-state index in [1.165, 1.54) is 19.2 Å². The first-order chi connectivity index (χ1) is 9.95. The smallest absolute Gasteiger partial charge is 0.171 e. The van der Waals surface area contributed by atoms with E-state index in [2.05, 4.69) is 10.3 Å². The molecule has 1 aromatic carbocycles. The largest absolute Gasteiger partial charge is 0.339 e. The highest BCUT2D eigenvalue weighted by atomic mass is 35.5. The van der Waals surface area contributed by atoms with Crippen molar-refractivity contribution in [3.8, 4) is 0 Å². The first-order valence-corrected chi connectivity index (χ1v) is 6.92. The zero-order valence-electron chi connectivity index (χ0n) is 11.2. The summed E-state index contributed by atoms with van der Waals surface area (Å²) in [5.41, 5.74) is 1.09. The number of carbonyl (C=O) groups is 2. The zero-order chi connectivity index (χ0) is 15.4. The van der Waals surface area contributed by atoms with Crippen molar-refractivity contribution < 1.29 is 9.59 Å². The fourth-order valence-corrected chi connectivity index (χ4v) is 2.02. The second-order valence-corrected chi connectivity index (χ2v) is 5.33. The van der Waals surface area contributed by atoms with Crippen molar-refractivity contribution in [3.05, 3.63) is 52.1 Å². The lowest BCUT2D eigenvalue weighted by molar-refractivity contribution is -0.116. The summed E-state index contributed by atoms with van der Waals surface area (Å²) in [7, 11) is 0. The molecule has 0 fully saturated rings. The van der Waals surface area contributed by atoms with Crippen molar-refractivity contribution >= 4 is 46.3 Å². The van der Waals surface area contributed by atoms with E-state index in [-0.39, 0.29) is 18.0 Å². The minimum Gasteiger partial charge on any atom is -0.339 e. The second kappa shape index (κ2) is 6.70. The van der Waals surface area contributed by atoms with Crippen LogP contribution in [0.3, 0.4) is 0 Å². The number of benzene rings is 1. The van der Waals surface area contributed by atoms with Crippen molar-refractivity contribution in [2.75, 3.05) is 5.32 Å². The minimum absolute atomic E-state index is 0.151. The van der Waals surface area contributed by atoms with Gasteiger partial charge < -0.3 is 5.32 Å². The molecule has 0 amide bonds. The maximum absolute atomic E-state index is 11.8. The molecule has 21 heavy (non-hydrogen) atoms. The first kappa shape index (κ1) is 15.5. The summed E-state index contributed by atoms with van der Waals surface area (Å²) < 4.78 is 0. The fourth-order valence-electron chi connectivity index (χ4n) is 1.68. The zero-order valence-corrected chi connectivity index (χ0v) is 12.7. The van der Waals surface area contributed by atoms with E-state index in [0.717, 1.165) is 5.69 Å². The second-order valence-electron chi connectivity index (χ2n) is 4.49. The highest BCUT2D eigenvalue weighted by Crippen LogP contribution is 2.25. The van der Waals surface area contributed by atoms with Gasteiger partial charge in [0.25, 0.3) is 0 Å². The minimum atomic E-state index is -0.296. The van der Waals surface area contributed by atoms with Crippen LogP contribution in [0.25, 0.3) is 0 Å². The third-order valence-corrected chi connectivity index (χ3v) is 3.22. The number of anilines is 2. The molecule has 2 aromatic rings. The first-order valence-electron chi connectivity index (χ1n) is 6.16. The van der Waals surface area contributed by atoms with E-state index in [1.807, 2.05) is 0 Å². The molecule has 0 aliphatic rings. The van der Waals surface area contributed by atoms with Crippen molar-refractivity contribution in [3.63, 3.8) is 0 Å². The average molecular weight is 323 g/mol. The average Bonchev–Trinajstić information content (AvgIpc) is 2.42. The van der Waals surface area contributed by atoms with Crippen LogP contribution in [0.1, 0.15) is 23.7 Å². The molecule has 1 N–H and O–H groups in total. The lowest BCUT2D eigenvalue weighted by atomic mass is 10.1. The van der Waals surface area contributed by atoms with Crippen LogP contribution < -0.4 is 5.32 Å². The maximum Gasteiger partial charge on any atom is 0.171 e. The molecule has 0 unspecified atom stereocenters. The van der Waals surface area contributed by atoms with Gasteiger partial charge in [-0.3, -0.25) is 9.59 Å². The molecule has 1 heterocycles. The van der Waals surface area contributed by atoms with E-state index < -0.39 is 0 Å². The molecule has 0 atom stereocenters. The quantitative estimate of drug-likeness (QED) is 0.658. The van der Waals surface area contributed by atoms with Crippen molar-refractivity contribution in [2.45, 2.75) is 13.3 Å². The monoisotopic (exact) mass is 322 g/mol. The molecule has 0 saturated carbocycles. The van der Waals surface area contributed by atoms with Gasteiger partial charge in [0.1, 0.15) is 11.6 Å².